The zero-order valence-corrected chi connectivity index (χ0v) is 15.9. The Kier molecular flexibility index (Phi) is 8.63. The Morgan fingerprint density at radius 1 is 1.11 bits per heavy atom. The maximum absolute atomic E-state index is 11.4. The van der Waals surface area contributed by atoms with Gasteiger partial charge in [-0.1, -0.05) is 30.3 Å². The van der Waals surface area contributed by atoms with Gasteiger partial charge in [-0.2, -0.15) is 0 Å². The van der Waals surface area contributed by atoms with E-state index in [2.05, 4.69) is 49.4 Å². The highest BCUT2D eigenvalue weighted by molar-refractivity contribution is 5.92. The fraction of sp³-hybridized carbons (Fsp3) is 0.421. The molecule has 0 spiro atoms. The zero-order chi connectivity index (χ0) is 19.5. The number of hydrogen-bond acceptors (Lipinski definition) is 7. The first-order valence-electron chi connectivity index (χ1n) is 9.10. The van der Waals surface area contributed by atoms with Gasteiger partial charge in [0.15, 0.2) is 0 Å². The summed E-state index contributed by atoms with van der Waals surface area (Å²) in [6.07, 6.45) is 2.83. The number of benzene rings is 1. The second-order valence-corrected chi connectivity index (χ2v) is 6.16. The molecule has 2 aromatic rings. The molecule has 146 valence electrons. The number of aromatic nitrogens is 2. The number of hydroxylamine groups is 1. The SMILES string of the molecule is CCN(CCN(CCNC)Cc1ccccc1)c1ncc(C(=O)NO)cn1. The average Bonchev–Trinajstić information content (AvgIpc) is 2.72. The molecule has 0 unspecified atom stereocenters. The molecule has 1 aromatic carbocycles. The summed E-state index contributed by atoms with van der Waals surface area (Å²) >= 11 is 0. The highest BCUT2D eigenvalue weighted by Crippen LogP contribution is 2.09. The van der Waals surface area contributed by atoms with Crippen LogP contribution in [0.15, 0.2) is 42.7 Å². The molecule has 0 aliphatic heterocycles. The van der Waals surface area contributed by atoms with E-state index < -0.39 is 5.91 Å². The summed E-state index contributed by atoms with van der Waals surface area (Å²) < 4.78 is 0. The number of hydrogen-bond donors (Lipinski definition) is 3. The second-order valence-electron chi connectivity index (χ2n) is 6.16. The van der Waals surface area contributed by atoms with Crippen LogP contribution in [0.2, 0.25) is 0 Å². The number of amides is 1. The fourth-order valence-corrected chi connectivity index (χ4v) is 2.71. The Bertz CT molecular complexity index is 680. The molecular weight excluding hydrogens is 344 g/mol. The number of nitrogens with one attached hydrogen (secondary N) is 2. The zero-order valence-electron chi connectivity index (χ0n) is 15.9. The monoisotopic (exact) mass is 372 g/mol. The van der Waals surface area contributed by atoms with Crippen molar-refractivity contribution in [3.8, 4) is 0 Å². The van der Waals surface area contributed by atoms with E-state index in [9.17, 15) is 4.79 Å². The van der Waals surface area contributed by atoms with Crippen molar-refractivity contribution in [2.75, 3.05) is 44.7 Å². The molecular formula is C19H28N6O2. The standard InChI is InChI=1S/C19H28N6O2/c1-3-25(19-21-13-17(14-22-19)18(26)23-27)12-11-24(10-9-20-2)15-16-7-5-4-6-8-16/h4-8,13-14,20,27H,3,9-12,15H2,1-2H3,(H,23,26). The topological polar surface area (TPSA) is 93.6 Å². The largest absolute Gasteiger partial charge is 0.340 e. The number of rotatable bonds is 11. The first kappa shape index (κ1) is 20.8. The summed E-state index contributed by atoms with van der Waals surface area (Å²) in [7, 11) is 1.96. The highest BCUT2D eigenvalue weighted by Gasteiger charge is 2.13. The third-order valence-electron chi connectivity index (χ3n) is 4.28. The predicted molar refractivity (Wildman–Crippen MR) is 105 cm³/mol. The van der Waals surface area contributed by atoms with Crippen LogP contribution in [0.5, 0.6) is 0 Å². The average molecular weight is 372 g/mol. The second kappa shape index (κ2) is 11.2. The minimum Gasteiger partial charge on any atom is -0.340 e. The summed E-state index contributed by atoms with van der Waals surface area (Å²) in [5.41, 5.74) is 3.09. The highest BCUT2D eigenvalue weighted by atomic mass is 16.5. The summed E-state index contributed by atoms with van der Waals surface area (Å²) in [4.78, 5) is 24.4. The van der Waals surface area contributed by atoms with E-state index in [1.807, 2.05) is 20.0 Å². The van der Waals surface area contributed by atoms with Crippen LogP contribution in [0.3, 0.4) is 0 Å². The summed E-state index contributed by atoms with van der Waals surface area (Å²) in [6, 6.07) is 10.4. The minimum atomic E-state index is -0.620. The molecule has 0 fully saturated rings. The number of nitrogens with zero attached hydrogens (tertiary/aromatic N) is 4. The van der Waals surface area contributed by atoms with Gasteiger partial charge in [-0.3, -0.25) is 14.9 Å². The van der Waals surface area contributed by atoms with Crippen molar-refractivity contribution in [3.05, 3.63) is 53.9 Å². The Morgan fingerprint density at radius 3 is 2.41 bits per heavy atom. The first-order chi connectivity index (χ1) is 13.2. The maximum Gasteiger partial charge on any atom is 0.277 e. The Hall–Kier alpha value is -2.55. The summed E-state index contributed by atoms with van der Waals surface area (Å²) in [6.45, 7) is 7.20. The molecule has 1 aromatic heterocycles. The number of carbonyl (C=O) groups is 1. The molecule has 1 heterocycles. The van der Waals surface area contributed by atoms with Gasteiger partial charge in [0.05, 0.1) is 5.56 Å². The van der Waals surface area contributed by atoms with Gasteiger partial charge in [0, 0.05) is 51.7 Å². The van der Waals surface area contributed by atoms with Crippen molar-refractivity contribution in [1.29, 1.82) is 0 Å². The van der Waals surface area contributed by atoms with Gasteiger partial charge in [0.2, 0.25) is 5.95 Å². The summed E-state index contributed by atoms with van der Waals surface area (Å²) in [5.74, 6) is -0.0500. The Morgan fingerprint density at radius 2 is 1.81 bits per heavy atom. The molecule has 8 nitrogen and oxygen atoms in total. The van der Waals surface area contributed by atoms with Crippen LogP contribution in [0.1, 0.15) is 22.8 Å². The van der Waals surface area contributed by atoms with Crippen LogP contribution in [0, 0.1) is 0 Å². The van der Waals surface area contributed by atoms with Gasteiger partial charge < -0.3 is 10.2 Å². The van der Waals surface area contributed by atoms with Gasteiger partial charge in [0.25, 0.3) is 5.91 Å². The van der Waals surface area contributed by atoms with Crippen LogP contribution in [-0.4, -0.2) is 65.8 Å². The number of likely N-dealkylation sites (N-methyl/N-ethyl adjacent to an activating group) is 2. The Balaban J connectivity index is 1.98. The van der Waals surface area contributed by atoms with E-state index in [0.29, 0.717) is 5.95 Å². The van der Waals surface area contributed by atoms with Crippen molar-refractivity contribution in [2.45, 2.75) is 13.5 Å². The molecule has 2 rings (SSSR count). The van der Waals surface area contributed by atoms with Crippen molar-refractivity contribution in [1.82, 2.24) is 25.7 Å². The number of carbonyl (C=O) groups excluding carboxylic acids is 1. The van der Waals surface area contributed by atoms with Crippen LogP contribution >= 0.6 is 0 Å². The number of anilines is 1. The smallest absolute Gasteiger partial charge is 0.277 e. The van der Waals surface area contributed by atoms with Gasteiger partial charge in [-0.05, 0) is 19.5 Å². The van der Waals surface area contributed by atoms with Crippen LogP contribution in [-0.2, 0) is 6.54 Å². The lowest BCUT2D eigenvalue weighted by Gasteiger charge is -2.27. The van der Waals surface area contributed by atoms with Gasteiger partial charge in [0.1, 0.15) is 0 Å². The van der Waals surface area contributed by atoms with Crippen LogP contribution in [0.25, 0.3) is 0 Å². The predicted octanol–water partition coefficient (Wildman–Crippen LogP) is 1.14. The maximum atomic E-state index is 11.4. The molecule has 3 N–H and O–H groups in total. The van der Waals surface area contributed by atoms with E-state index in [1.165, 1.54) is 18.0 Å². The lowest BCUT2D eigenvalue weighted by molar-refractivity contribution is 0.0705. The molecule has 0 bridgehead atoms. The van der Waals surface area contributed by atoms with Crippen LogP contribution < -0.4 is 15.7 Å². The molecule has 0 atom stereocenters. The van der Waals surface area contributed by atoms with Gasteiger partial charge in [-0.15, -0.1) is 0 Å². The molecule has 0 radical (unpaired) electrons. The van der Waals surface area contributed by atoms with E-state index >= 15 is 0 Å². The molecule has 1 amide bonds. The van der Waals surface area contributed by atoms with Gasteiger partial charge >= 0.3 is 0 Å². The van der Waals surface area contributed by atoms with E-state index in [1.54, 1.807) is 5.48 Å². The van der Waals surface area contributed by atoms with Crippen molar-refractivity contribution in [3.63, 3.8) is 0 Å². The lowest BCUT2D eigenvalue weighted by atomic mass is 10.2. The molecule has 0 aliphatic carbocycles. The molecule has 0 aliphatic rings. The Labute approximate surface area is 160 Å². The normalized spacial score (nSPS) is 10.8. The van der Waals surface area contributed by atoms with Crippen molar-refractivity contribution >= 4 is 11.9 Å². The van der Waals surface area contributed by atoms with E-state index in [4.69, 9.17) is 5.21 Å². The minimum absolute atomic E-state index is 0.219. The quantitative estimate of drug-likeness (QED) is 0.402. The van der Waals surface area contributed by atoms with Crippen molar-refractivity contribution < 1.29 is 10.0 Å². The van der Waals surface area contributed by atoms with Crippen molar-refractivity contribution in [2.24, 2.45) is 0 Å². The molecule has 8 heteroatoms. The molecule has 0 saturated carbocycles. The van der Waals surface area contributed by atoms with Gasteiger partial charge in [-0.25, -0.2) is 15.4 Å². The molecule has 27 heavy (non-hydrogen) atoms. The third-order valence-corrected chi connectivity index (χ3v) is 4.28. The third kappa shape index (κ3) is 6.59. The lowest BCUT2D eigenvalue weighted by Crippen LogP contribution is -2.38. The first-order valence-corrected chi connectivity index (χ1v) is 9.10. The van der Waals surface area contributed by atoms with Crippen LogP contribution in [0.4, 0.5) is 5.95 Å². The van der Waals surface area contributed by atoms with E-state index in [0.717, 1.165) is 39.3 Å². The summed E-state index contributed by atoms with van der Waals surface area (Å²) in [5, 5.41) is 11.9. The van der Waals surface area contributed by atoms with E-state index in [-0.39, 0.29) is 5.56 Å². The fourth-order valence-electron chi connectivity index (χ4n) is 2.71. The molecule has 0 saturated heterocycles.